The lowest BCUT2D eigenvalue weighted by atomic mass is 9.99. The number of rotatable bonds is 7. The van der Waals surface area contributed by atoms with E-state index in [1.165, 1.54) is 30.3 Å². The molecule has 9 N–H and O–H groups in total. The Kier molecular flexibility index (Phi) is 8.68. The van der Waals surface area contributed by atoms with Crippen LogP contribution >= 0.6 is 0 Å². The zero-order valence-corrected chi connectivity index (χ0v) is 21.7. The molecular weight excluding hydrogens is 564 g/mol. The zero-order chi connectivity index (χ0) is 30.3. The van der Waals surface area contributed by atoms with Gasteiger partial charge >= 0.3 is 0 Å². The van der Waals surface area contributed by atoms with Gasteiger partial charge in [-0.3, -0.25) is 4.79 Å². The minimum atomic E-state index is -1.71. The van der Waals surface area contributed by atoms with Crippen molar-refractivity contribution >= 4 is 11.0 Å². The fourth-order valence-corrected chi connectivity index (χ4v) is 4.75. The largest absolute Gasteiger partial charge is 0.507 e. The SMILES string of the molecule is O=c1cc(-c2ccc(O[C@@H]3O[C@H](CO)[C@@H](O)[C@H](O)[C@H]3O)cc2)oc2cc(O[C@H]3O[C@@H](CO)[C@H](O)[C@@H](O)[C@@H]3O)cc(O)c12. The van der Waals surface area contributed by atoms with Gasteiger partial charge in [-0.25, -0.2) is 0 Å². The maximum absolute atomic E-state index is 12.8. The molecule has 0 unspecified atom stereocenters. The summed E-state index contributed by atoms with van der Waals surface area (Å²) in [6, 6.07) is 9.40. The molecule has 5 rings (SSSR count). The van der Waals surface area contributed by atoms with E-state index >= 15 is 0 Å². The lowest BCUT2D eigenvalue weighted by Gasteiger charge is -2.39. The standard InChI is InChI=1S/C27H30O15/c28-8-17-20(32)22(34)24(36)26(41-17)38-11-3-1-10(2-4-11)15-7-14(31)19-13(30)5-12(6-16(19)40-15)39-27-25(37)23(35)21(33)18(9-29)42-27/h1-7,17-18,20-30,32-37H,8-9H2/t17-,18+,20-,21+,22+,23-,24-,25+,26-,27+/m1/s1. The molecule has 0 aliphatic carbocycles. The normalized spacial score (nSPS) is 33.4. The second kappa shape index (κ2) is 12.1. The van der Waals surface area contributed by atoms with Crippen molar-refractivity contribution in [2.24, 2.45) is 0 Å². The van der Waals surface area contributed by atoms with Crippen LogP contribution in [0.5, 0.6) is 17.2 Å². The number of aliphatic hydroxyl groups excluding tert-OH is 8. The lowest BCUT2D eigenvalue weighted by Crippen LogP contribution is -2.60. The summed E-state index contributed by atoms with van der Waals surface area (Å²) in [6.45, 7) is -1.28. The van der Waals surface area contributed by atoms with Crippen molar-refractivity contribution < 1.29 is 69.3 Å². The molecule has 15 heteroatoms. The third-order valence-corrected chi connectivity index (χ3v) is 7.12. The highest BCUT2D eigenvalue weighted by atomic mass is 16.7. The van der Waals surface area contributed by atoms with Crippen LogP contribution in [0.1, 0.15) is 0 Å². The van der Waals surface area contributed by atoms with Crippen LogP contribution in [0.15, 0.2) is 51.7 Å². The number of aromatic hydroxyl groups is 1. The minimum absolute atomic E-state index is 0.0799. The molecule has 2 aliphatic heterocycles. The fourth-order valence-electron chi connectivity index (χ4n) is 4.75. The number of hydrogen-bond donors (Lipinski definition) is 9. The second-order valence-electron chi connectivity index (χ2n) is 9.95. The maximum Gasteiger partial charge on any atom is 0.229 e. The van der Waals surface area contributed by atoms with E-state index in [2.05, 4.69) is 0 Å². The van der Waals surface area contributed by atoms with Crippen molar-refractivity contribution in [1.82, 2.24) is 0 Å². The van der Waals surface area contributed by atoms with Gasteiger partial charge in [0.05, 0.1) is 13.2 Å². The number of ether oxygens (including phenoxy) is 4. The highest BCUT2D eigenvalue weighted by Crippen LogP contribution is 2.34. The number of fused-ring (bicyclic) bond motifs is 1. The van der Waals surface area contributed by atoms with Crippen LogP contribution in [0.3, 0.4) is 0 Å². The molecule has 1 aromatic heterocycles. The van der Waals surface area contributed by atoms with Crippen LogP contribution in [0, 0.1) is 0 Å². The molecule has 228 valence electrons. The minimum Gasteiger partial charge on any atom is -0.507 e. The van der Waals surface area contributed by atoms with Gasteiger partial charge in [0.1, 0.15) is 82.8 Å². The number of benzene rings is 2. The maximum atomic E-state index is 12.8. The molecule has 15 nitrogen and oxygen atoms in total. The smallest absolute Gasteiger partial charge is 0.229 e. The van der Waals surface area contributed by atoms with Gasteiger partial charge in [0, 0.05) is 23.8 Å². The third kappa shape index (κ3) is 5.67. The van der Waals surface area contributed by atoms with Gasteiger partial charge in [-0.05, 0) is 24.3 Å². The van der Waals surface area contributed by atoms with E-state index in [0.29, 0.717) is 5.56 Å². The lowest BCUT2D eigenvalue weighted by molar-refractivity contribution is -0.277. The molecule has 0 spiro atoms. The first kappa shape index (κ1) is 30.1. The van der Waals surface area contributed by atoms with Crippen molar-refractivity contribution in [3.05, 3.63) is 52.7 Å². The molecule has 0 radical (unpaired) electrons. The number of aliphatic hydroxyl groups is 8. The summed E-state index contributed by atoms with van der Waals surface area (Å²) in [7, 11) is 0. The molecule has 3 heterocycles. The Bertz CT molecular complexity index is 1440. The van der Waals surface area contributed by atoms with E-state index in [1.54, 1.807) is 0 Å². The molecule has 10 atom stereocenters. The molecule has 0 saturated carbocycles. The summed E-state index contributed by atoms with van der Waals surface area (Å²) in [5.74, 6) is -0.362. The summed E-state index contributed by atoms with van der Waals surface area (Å²) in [6.07, 6.45) is -15.0. The Balaban J connectivity index is 1.37. The average molecular weight is 595 g/mol. The predicted molar refractivity (Wildman–Crippen MR) is 138 cm³/mol. The van der Waals surface area contributed by atoms with Crippen molar-refractivity contribution in [2.75, 3.05) is 13.2 Å². The highest BCUT2D eigenvalue weighted by Gasteiger charge is 2.45. The van der Waals surface area contributed by atoms with Gasteiger partial charge in [0.2, 0.25) is 12.6 Å². The molecule has 42 heavy (non-hydrogen) atoms. The third-order valence-electron chi connectivity index (χ3n) is 7.12. The Labute approximate surface area is 236 Å². The molecular formula is C27H30O15. The second-order valence-corrected chi connectivity index (χ2v) is 9.95. The van der Waals surface area contributed by atoms with Crippen LogP contribution in [-0.4, -0.2) is 121 Å². The van der Waals surface area contributed by atoms with E-state index in [-0.39, 0.29) is 28.2 Å². The van der Waals surface area contributed by atoms with Gasteiger partial charge in [0.15, 0.2) is 5.43 Å². The fraction of sp³-hybridized carbons (Fsp3) is 0.444. The topological polar surface area (TPSA) is 249 Å². The Morgan fingerprint density at radius 3 is 1.71 bits per heavy atom. The van der Waals surface area contributed by atoms with Crippen molar-refractivity contribution in [1.29, 1.82) is 0 Å². The first-order chi connectivity index (χ1) is 20.0. The van der Waals surface area contributed by atoms with Crippen molar-refractivity contribution in [3.8, 4) is 28.6 Å². The number of phenolic OH excluding ortho intramolecular Hbond substituents is 1. The van der Waals surface area contributed by atoms with E-state index in [9.17, 15) is 50.8 Å². The van der Waals surface area contributed by atoms with E-state index in [0.717, 1.165) is 12.1 Å². The van der Waals surface area contributed by atoms with Crippen molar-refractivity contribution in [3.63, 3.8) is 0 Å². The van der Waals surface area contributed by atoms with Gasteiger partial charge in [-0.2, -0.15) is 0 Å². The Hall–Kier alpha value is -3.35. The van der Waals surface area contributed by atoms with Gasteiger partial charge in [-0.15, -0.1) is 0 Å². The van der Waals surface area contributed by atoms with Crippen molar-refractivity contribution in [2.45, 2.75) is 61.4 Å². The zero-order valence-electron chi connectivity index (χ0n) is 21.7. The summed E-state index contributed by atoms with van der Waals surface area (Å²) in [5, 5.41) is 89.3. The number of hydrogen-bond acceptors (Lipinski definition) is 15. The summed E-state index contributed by atoms with van der Waals surface area (Å²) in [4.78, 5) is 12.8. The molecule has 2 aliphatic rings. The summed E-state index contributed by atoms with van der Waals surface area (Å²) in [5.41, 5.74) is -0.293. The van der Waals surface area contributed by atoms with Gasteiger partial charge in [-0.1, -0.05) is 0 Å². The van der Waals surface area contributed by atoms with Crippen LogP contribution in [0.2, 0.25) is 0 Å². The molecule has 2 fully saturated rings. The first-order valence-electron chi connectivity index (χ1n) is 12.9. The summed E-state index contributed by atoms with van der Waals surface area (Å²) >= 11 is 0. The molecule has 0 amide bonds. The van der Waals surface area contributed by atoms with Gasteiger partial charge in [0.25, 0.3) is 0 Å². The van der Waals surface area contributed by atoms with Crippen LogP contribution < -0.4 is 14.9 Å². The monoisotopic (exact) mass is 594 g/mol. The first-order valence-corrected chi connectivity index (χ1v) is 12.9. The predicted octanol–water partition coefficient (Wildman–Crippen LogP) is -2.48. The Morgan fingerprint density at radius 2 is 1.19 bits per heavy atom. The molecule has 0 bridgehead atoms. The molecule has 3 aromatic rings. The van der Waals surface area contributed by atoms with Crippen LogP contribution in [0.4, 0.5) is 0 Å². The average Bonchev–Trinajstić information content (AvgIpc) is 2.97. The Morgan fingerprint density at radius 1 is 0.667 bits per heavy atom. The highest BCUT2D eigenvalue weighted by molar-refractivity contribution is 5.86. The van der Waals surface area contributed by atoms with E-state index in [4.69, 9.17) is 23.4 Å². The molecule has 2 aromatic carbocycles. The van der Waals surface area contributed by atoms with Crippen LogP contribution in [-0.2, 0) is 9.47 Å². The van der Waals surface area contributed by atoms with E-state index in [1.807, 2.05) is 0 Å². The quantitative estimate of drug-likeness (QED) is 0.137. The van der Waals surface area contributed by atoms with Gasteiger partial charge < -0.3 is 69.3 Å². The number of phenols is 1. The van der Waals surface area contributed by atoms with E-state index < -0.39 is 85.8 Å². The molecule has 2 saturated heterocycles. The summed E-state index contributed by atoms with van der Waals surface area (Å²) < 4.78 is 27.6. The van der Waals surface area contributed by atoms with Crippen LogP contribution in [0.25, 0.3) is 22.3 Å².